The van der Waals surface area contributed by atoms with E-state index in [9.17, 15) is 8.78 Å². The highest BCUT2D eigenvalue weighted by atomic mass is 19.2. The average molecular weight is 202 g/mol. The van der Waals surface area contributed by atoms with Gasteiger partial charge >= 0.3 is 0 Å². The molecule has 1 aromatic rings. The molecule has 0 saturated carbocycles. The van der Waals surface area contributed by atoms with Crippen LogP contribution in [0.15, 0.2) is 18.2 Å². The van der Waals surface area contributed by atoms with Crippen molar-refractivity contribution in [3.8, 4) is 0 Å². The van der Waals surface area contributed by atoms with Crippen LogP contribution in [-0.4, -0.2) is 22.9 Å². The van der Waals surface area contributed by atoms with Gasteiger partial charge in [-0.3, -0.25) is 0 Å². The molecule has 0 amide bonds. The van der Waals surface area contributed by atoms with Crippen molar-refractivity contribution in [2.24, 2.45) is 0 Å². The Morgan fingerprint density at radius 1 is 1.29 bits per heavy atom. The minimum absolute atomic E-state index is 0.214. The summed E-state index contributed by atoms with van der Waals surface area (Å²) in [5.74, 6) is -1.77. The normalized spacial score (nSPS) is 12.9. The van der Waals surface area contributed by atoms with Crippen molar-refractivity contribution in [2.75, 3.05) is 6.61 Å². The lowest BCUT2D eigenvalue weighted by molar-refractivity contribution is 0.0883. The summed E-state index contributed by atoms with van der Waals surface area (Å²) in [6.45, 7) is -0.364. The highest BCUT2D eigenvalue weighted by molar-refractivity contribution is 5.19. The molecule has 2 N–H and O–H groups in total. The second-order valence-corrected chi connectivity index (χ2v) is 3.09. The first-order valence-corrected chi connectivity index (χ1v) is 4.37. The van der Waals surface area contributed by atoms with Crippen LogP contribution in [0, 0.1) is 11.6 Å². The van der Waals surface area contributed by atoms with Gasteiger partial charge in [-0.15, -0.1) is 0 Å². The highest BCUT2D eigenvalue weighted by Crippen LogP contribution is 2.13. The smallest absolute Gasteiger partial charge is 0.162 e. The van der Waals surface area contributed by atoms with E-state index in [0.29, 0.717) is 0 Å². The summed E-state index contributed by atoms with van der Waals surface area (Å²) in [7, 11) is 0. The maximum absolute atomic E-state index is 13.0. The predicted octanol–water partition coefficient (Wildman–Crippen LogP) is 1.25. The minimum Gasteiger partial charge on any atom is -0.394 e. The minimum atomic E-state index is -0.888. The van der Waals surface area contributed by atoms with Gasteiger partial charge in [-0.05, 0) is 24.5 Å². The summed E-state index contributed by atoms with van der Waals surface area (Å²) in [5.41, 5.74) is 0.220. The van der Waals surface area contributed by atoms with Gasteiger partial charge in [0.1, 0.15) is 0 Å². The molecular weight excluding hydrogens is 190 g/mol. The quantitative estimate of drug-likeness (QED) is 0.771. The molecule has 1 aromatic carbocycles. The number of rotatable bonds is 4. The number of hydrogen-bond donors (Lipinski definition) is 2. The molecule has 1 rings (SSSR count). The van der Waals surface area contributed by atoms with Crippen molar-refractivity contribution in [1.29, 1.82) is 0 Å². The van der Waals surface area contributed by atoms with Gasteiger partial charge in [-0.1, -0.05) is 12.1 Å². The van der Waals surface area contributed by atoms with E-state index in [0.717, 1.165) is 6.07 Å². The van der Waals surface area contributed by atoms with Gasteiger partial charge in [0.25, 0.3) is 0 Å². The van der Waals surface area contributed by atoms with Gasteiger partial charge in [0.05, 0.1) is 12.7 Å². The van der Waals surface area contributed by atoms with Crippen LogP contribution in [0.4, 0.5) is 8.78 Å². The van der Waals surface area contributed by atoms with Crippen molar-refractivity contribution in [3.63, 3.8) is 0 Å². The van der Waals surface area contributed by atoms with Crippen LogP contribution < -0.4 is 0 Å². The van der Waals surface area contributed by atoms with E-state index in [2.05, 4.69) is 0 Å². The van der Waals surface area contributed by atoms with Crippen molar-refractivity contribution < 1.29 is 19.0 Å². The van der Waals surface area contributed by atoms with Crippen LogP contribution in [0.25, 0.3) is 0 Å². The monoisotopic (exact) mass is 202 g/mol. The summed E-state index contributed by atoms with van der Waals surface area (Å²) in [6, 6.07) is 3.92. The first kappa shape index (κ1) is 11.1. The van der Waals surface area contributed by atoms with E-state index in [1.165, 1.54) is 12.1 Å². The number of aliphatic hydroxyl groups is 2. The molecule has 2 nitrogen and oxygen atoms in total. The molecule has 78 valence electrons. The number of benzene rings is 1. The van der Waals surface area contributed by atoms with Crippen molar-refractivity contribution in [2.45, 2.75) is 18.9 Å². The summed E-state index contributed by atoms with van der Waals surface area (Å²) >= 11 is 0. The van der Waals surface area contributed by atoms with E-state index in [1.807, 2.05) is 0 Å². The second-order valence-electron chi connectivity index (χ2n) is 3.09. The number of hydrogen-bond acceptors (Lipinski definition) is 2. The van der Waals surface area contributed by atoms with E-state index >= 15 is 0 Å². The summed E-state index contributed by atoms with van der Waals surface area (Å²) in [6.07, 6.45) is -0.444. The molecule has 1 atom stereocenters. The lowest BCUT2D eigenvalue weighted by Gasteiger charge is -2.07. The predicted molar refractivity (Wildman–Crippen MR) is 47.8 cm³/mol. The third-order valence-electron chi connectivity index (χ3n) is 1.99. The first-order valence-electron chi connectivity index (χ1n) is 4.37. The zero-order valence-electron chi connectivity index (χ0n) is 7.58. The molecule has 0 aromatic heterocycles. The maximum Gasteiger partial charge on any atom is 0.162 e. The van der Waals surface area contributed by atoms with Crippen LogP contribution in [0.1, 0.15) is 12.0 Å². The third-order valence-corrected chi connectivity index (χ3v) is 1.99. The number of aryl methyl sites for hydroxylation is 1. The summed E-state index contributed by atoms with van der Waals surface area (Å²) in [4.78, 5) is 0. The van der Waals surface area contributed by atoms with Gasteiger partial charge in [0.15, 0.2) is 11.6 Å². The molecule has 0 saturated heterocycles. The zero-order chi connectivity index (χ0) is 10.6. The lowest BCUT2D eigenvalue weighted by Crippen LogP contribution is -2.13. The van der Waals surface area contributed by atoms with Crippen LogP contribution in [0.5, 0.6) is 0 Å². The number of halogens is 2. The van der Waals surface area contributed by atoms with E-state index in [1.54, 1.807) is 0 Å². The van der Waals surface area contributed by atoms with Gasteiger partial charge in [0.2, 0.25) is 0 Å². The van der Waals surface area contributed by atoms with Crippen LogP contribution in [-0.2, 0) is 6.42 Å². The molecule has 0 aliphatic carbocycles. The Balaban J connectivity index is 2.63. The van der Waals surface area contributed by atoms with Gasteiger partial charge in [0, 0.05) is 0 Å². The number of aliphatic hydroxyl groups excluding tert-OH is 2. The maximum atomic E-state index is 13.0. The Morgan fingerprint density at radius 2 is 2.00 bits per heavy atom. The van der Waals surface area contributed by atoms with Crippen LogP contribution in [0.3, 0.4) is 0 Å². The molecular formula is C10H12F2O2. The molecule has 0 fully saturated rings. The average Bonchev–Trinajstić information content (AvgIpc) is 2.20. The zero-order valence-corrected chi connectivity index (χ0v) is 7.58. The molecule has 0 aliphatic rings. The topological polar surface area (TPSA) is 40.5 Å². The largest absolute Gasteiger partial charge is 0.394 e. The molecule has 4 heteroatoms. The van der Waals surface area contributed by atoms with Crippen molar-refractivity contribution >= 4 is 0 Å². The lowest BCUT2D eigenvalue weighted by atomic mass is 10.1. The van der Waals surface area contributed by atoms with Gasteiger partial charge in [-0.25, -0.2) is 8.78 Å². The molecule has 0 spiro atoms. The van der Waals surface area contributed by atoms with Crippen molar-refractivity contribution in [3.05, 3.63) is 35.4 Å². The third kappa shape index (κ3) is 2.75. The fourth-order valence-electron chi connectivity index (χ4n) is 1.15. The highest BCUT2D eigenvalue weighted by Gasteiger charge is 2.09. The molecule has 0 heterocycles. The second kappa shape index (κ2) is 5.02. The van der Waals surface area contributed by atoms with Gasteiger partial charge in [-0.2, -0.15) is 0 Å². The molecule has 0 bridgehead atoms. The van der Waals surface area contributed by atoms with E-state index < -0.39 is 17.7 Å². The Hall–Kier alpha value is -1.00. The summed E-state index contributed by atoms with van der Waals surface area (Å²) in [5, 5.41) is 17.5. The Kier molecular flexibility index (Phi) is 3.98. The van der Waals surface area contributed by atoms with Crippen molar-refractivity contribution in [1.82, 2.24) is 0 Å². The molecule has 0 radical (unpaired) electrons. The van der Waals surface area contributed by atoms with E-state index in [4.69, 9.17) is 10.2 Å². The van der Waals surface area contributed by atoms with Crippen LogP contribution in [0.2, 0.25) is 0 Å². The van der Waals surface area contributed by atoms with E-state index in [-0.39, 0.29) is 25.0 Å². The molecule has 1 unspecified atom stereocenters. The SMILES string of the molecule is OCC(O)CCc1cccc(F)c1F. The standard InChI is InChI=1S/C10H12F2O2/c11-9-3-1-2-7(10(9)12)4-5-8(14)6-13/h1-3,8,13-14H,4-6H2. The Morgan fingerprint density at radius 3 is 2.64 bits per heavy atom. The fourth-order valence-corrected chi connectivity index (χ4v) is 1.15. The van der Waals surface area contributed by atoms with Gasteiger partial charge < -0.3 is 10.2 Å². The summed E-state index contributed by atoms with van der Waals surface area (Å²) < 4.78 is 25.7. The van der Waals surface area contributed by atoms with Crippen LogP contribution >= 0.6 is 0 Å². The first-order chi connectivity index (χ1) is 6.65. The fraction of sp³-hybridized carbons (Fsp3) is 0.400. The Labute approximate surface area is 80.8 Å². The Bertz CT molecular complexity index is 302. The molecule has 0 aliphatic heterocycles. The molecule has 14 heavy (non-hydrogen) atoms.